The minimum Gasteiger partial charge on any atom is -0.381 e. The van der Waals surface area contributed by atoms with E-state index in [1.807, 2.05) is 36.4 Å². The van der Waals surface area contributed by atoms with Gasteiger partial charge in [-0.1, -0.05) is 41.9 Å². The molecule has 0 bridgehead atoms. The molecule has 24 heavy (non-hydrogen) atoms. The summed E-state index contributed by atoms with van der Waals surface area (Å²) in [5.41, 5.74) is 1.55. The molecule has 0 N–H and O–H groups in total. The summed E-state index contributed by atoms with van der Waals surface area (Å²) < 4.78 is 42.6. The van der Waals surface area contributed by atoms with E-state index in [0.29, 0.717) is 49.5 Å². The lowest BCUT2D eigenvalue weighted by Crippen LogP contribution is -2.40. The van der Waals surface area contributed by atoms with Crippen LogP contribution in [0.4, 0.5) is 0 Å². The lowest BCUT2D eigenvalue weighted by Gasteiger charge is -2.47. The first kappa shape index (κ1) is 11.3. The van der Waals surface area contributed by atoms with Crippen molar-refractivity contribution in [2.45, 2.75) is 43.8 Å². The van der Waals surface area contributed by atoms with Crippen LogP contribution >= 0.6 is 11.6 Å². The van der Waals surface area contributed by atoms with Gasteiger partial charge in [0.1, 0.15) is 0 Å². The first-order valence-corrected chi connectivity index (χ1v) is 9.08. The Bertz CT molecular complexity index is 929. The first-order chi connectivity index (χ1) is 13.2. The van der Waals surface area contributed by atoms with Gasteiger partial charge in [-0.3, -0.25) is 0 Å². The van der Waals surface area contributed by atoms with Crippen molar-refractivity contribution in [2.75, 3.05) is 13.2 Å². The average Bonchev–Trinajstić information content (AvgIpc) is 2.91. The molecular formula is C22H23ClO. The molecule has 1 saturated heterocycles. The maximum Gasteiger partial charge on any atom is 0.0471 e. The number of rotatable bonds is 0. The highest BCUT2D eigenvalue weighted by molar-refractivity contribution is 6.30. The molecule has 2 spiro atoms. The molecule has 0 amide bonds. The molecular weight excluding hydrogens is 316 g/mol. The molecule has 2 aromatic carbocycles. The van der Waals surface area contributed by atoms with Gasteiger partial charge in [-0.2, -0.15) is 0 Å². The number of benzene rings is 2. The molecule has 124 valence electrons. The number of ether oxygens (including phenoxy) is 1. The lowest BCUT2D eigenvalue weighted by molar-refractivity contribution is -0.0134. The normalized spacial score (nSPS) is 29.9. The van der Waals surface area contributed by atoms with Crippen LogP contribution in [0.5, 0.6) is 0 Å². The zero-order valence-electron chi connectivity index (χ0n) is 17.6. The molecule has 2 heteroatoms. The Kier molecular flexibility index (Phi) is 2.52. The maximum atomic E-state index is 9.26. The number of fused-ring (bicyclic) bond motifs is 5. The fourth-order valence-corrected chi connectivity index (χ4v) is 4.73. The van der Waals surface area contributed by atoms with Crippen LogP contribution in [0.2, 0.25) is 5.02 Å². The quantitative estimate of drug-likeness (QED) is 0.572. The predicted octanol–water partition coefficient (Wildman–Crippen LogP) is 5.98. The Morgan fingerprint density at radius 2 is 1.58 bits per heavy atom. The van der Waals surface area contributed by atoms with Crippen LogP contribution in [0.15, 0.2) is 42.5 Å². The van der Waals surface area contributed by atoms with Gasteiger partial charge in [-0.15, -0.1) is 0 Å². The average molecular weight is 343 g/mol. The van der Waals surface area contributed by atoms with Gasteiger partial charge in [-0.25, -0.2) is 0 Å². The molecule has 3 aliphatic rings. The molecule has 1 saturated carbocycles. The van der Waals surface area contributed by atoms with Crippen LogP contribution in [0.25, 0.3) is 11.1 Å². The van der Waals surface area contributed by atoms with Crippen LogP contribution in [0, 0.1) is 5.41 Å². The summed E-state index contributed by atoms with van der Waals surface area (Å²) in [5, 5.41) is 0.517. The van der Waals surface area contributed by atoms with E-state index in [1.165, 1.54) is 0 Å². The van der Waals surface area contributed by atoms with Crippen molar-refractivity contribution in [3.05, 3.63) is 58.6 Å². The highest BCUT2D eigenvalue weighted by Gasteiger charge is 2.49. The van der Waals surface area contributed by atoms with E-state index >= 15 is 0 Å². The molecule has 1 heterocycles. The Morgan fingerprint density at radius 3 is 2.38 bits per heavy atom. The number of halogens is 1. The minimum atomic E-state index is -1.75. The zero-order chi connectivity index (χ0) is 19.8. The summed E-state index contributed by atoms with van der Waals surface area (Å²) in [7, 11) is 0. The zero-order valence-corrected chi connectivity index (χ0v) is 14.3. The number of hydrogen-bond acceptors (Lipinski definition) is 1. The van der Waals surface area contributed by atoms with Gasteiger partial charge < -0.3 is 4.74 Å². The minimum absolute atomic E-state index is 0.336. The van der Waals surface area contributed by atoms with Gasteiger partial charge in [0.05, 0.1) is 0 Å². The molecule has 5 rings (SSSR count). The summed E-state index contributed by atoms with van der Waals surface area (Å²) in [6.45, 7) is 1.16. The molecule has 2 fully saturated rings. The Morgan fingerprint density at radius 1 is 0.875 bits per heavy atom. The highest BCUT2D eigenvalue weighted by atomic mass is 35.5. The van der Waals surface area contributed by atoms with Crippen molar-refractivity contribution in [1.82, 2.24) is 0 Å². The van der Waals surface area contributed by atoms with Crippen molar-refractivity contribution in [1.29, 1.82) is 0 Å². The lowest BCUT2D eigenvalue weighted by atomic mass is 9.58. The summed E-state index contributed by atoms with van der Waals surface area (Å²) >= 11 is 6.34. The molecule has 0 atom stereocenters. The van der Waals surface area contributed by atoms with Crippen LogP contribution in [0.1, 0.15) is 55.0 Å². The maximum absolute atomic E-state index is 9.26. The third kappa shape index (κ3) is 2.04. The van der Waals surface area contributed by atoms with E-state index in [4.69, 9.17) is 16.3 Å². The standard InChI is InChI=1S/C22H23ClO/c23-16-5-6-18-17-3-1-2-4-19(17)22(20(18)15-16)9-7-21(8-10-22)11-13-24-14-12-21/h1-6,15H,7-14H2/i9D2,10D2. The summed E-state index contributed by atoms with van der Waals surface area (Å²) in [6.07, 6.45) is -1.40. The smallest absolute Gasteiger partial charge is 0.0471 e. The van der Waals surface area contributed by atoms with Crippen molar-refractivity contribution in [3.63, 3.8) is 0 Å². The van der Waals surface area contributed by atoms with Gasteiger partial charge in [-0.05, 0) is 78.2 Å². The Balaban J connectivity index is 1.80. The van der Waals surface area contributed by atoms with Gasteiger partial charge in [0.15, 0.2) is 0 Å². The second kappa shape index (κ2) is 5.34. The third-order valence-electron chi connectivity index (χ3n) is 6.02. The van der Waals surface area contributed by atoms with Crippen molar-refractivity contribution in [2.24, 2.45) is 5.41 Å². The first-order valence-electron chi connectivity index (χ1n) is 10.7. The van der Waals surface area contributed by atoms with Gasteiger partial charge in [0, 0.05) is 29.1 Å². The van der Waals surface area contributed by atoms with E-state index in [1.54, 1.807) is 6.07 Å². The molecule has 2 aromatic rings. The molecule has 1 aliphatic heterocycles. The molecule has 1 nitrogen and oxygen atoms in total. The second-order valence-corrected chi connectivity index (χ2v) is 7.74. The predicted molar refractivity (Wildman–Crippen MR) is 98.6 cm³/mol. The Hall–Kier alpha value is -1.31. The van der Waals surface area contributed by atoms with Crippen LogP contribution in [0.3, 0.4) is 0 Å². The third-order valence-corrected chi connectivity index (χ3v) is 6.25. The van der Waals surface area contributed by atoms with E-state index in [9.17, 15) is 5.48 Å². The Labute approximate surface area is 154 Å². The van der Waals surface area contributed by atoms with E-state index in [0.717, 1.165) is 16.7 Å². The fraction of sp³-hybridized carbons (Fsp3) is 0.455. The molecule has 2 aliphatic carbocycles. The van der Waals surface area contributed by atoms with Crippen molar-refractivity contribution in [3.8, 4) is 11.1 Å². The topological polar surface area (TPSA) is 9.23 Å². The van der Waals surface area contributed by atoms with Crippen LogP contribution < -0.4 is 0 Å². The monoisotopic (exact) mass is 342 g/mol. The molecule has 0 unspecified atom stereocenters. The largest absolute Gasteiger partial charge is 0.381 e. The second-order valence-electron chi connectivity index (χ2n) is 7.30. The van der Waals surface area contributed by atoms with Gasteiger partial charge in [0.25, 0.3) is 0 Å². The summed E-state index contributed by atoms with van der Waals surface area (Å²) in [4.78, 5) is 0. The van der Waals surface area contributed by atoms with Crippen LogP contribution in [-0.2, 0) is 10.2 Å². The number of hydrogen-bond donors (Lipinski definition) is 0. The molecule has 0 aromatic heterocycles. The van der Waals surface area contributed by atoms with E-state index in [2.05, 4.69) is 0 Å². The van der Waals surface area contributed by atoms with Crippen molar-refractivity contribution >= 4 is 11.6 Å². The van der Waals surface area contributed by atoms with Gasteiger partial charge in [0.2, 0.25) is 0 Å². The highest BCUT2D eigenvalue weighted by Crippen LogP contribution is 2.60. The summed E-state index contributed by atoms with van der Waals surface area (Å²) in [6, 6.07) is 13.2. The van der Waals surface area contributed by atoms with Crippen molar-refractivity contribution < 1.29 is 10.2 Å². The van der Waals surface area contributed by atoms with E-state index < -0.39 is 18.2 Å². The van der Waals surface area contributed by atoms with Gasteiger partial charge >= 0.3 is 0 Å². The molecule has 0 radical (unpaired) electrons. The van der Waals surface area contributed by atoms with Crippen LogP contribution in [-0.4, -0.2) is 13.2 Å². The van der Waals surface area contributed by atoms with E-state index in [-0.39, 0.29) is 5.41 Å². The SMILES string of the molecule is [2H]C1([2H])CC2(CCOCC2)CC([2H])([2H])C12c1ccccc1-c1ccc(Cl)cc12. The fourth-order valence-electron chi connectivity index (χ4n) is 4.56. The summed E-state index contributed by atoms with van der Waals surface area (Å²) in [5.74, 6) is 0.